The van der Waals surface area contributed by atoms with Crippen LogP contribution in [-0.4, -0.2) is 27.2 Å². The molecular formula is C15H15N5O2. The van der Waals surface area contributed by atoms with E-state index in [1.807, 2.05) is 30.3 Å². The van der Waals surface area contributed by atoms with Crippen LogP contribution in [-0.2, 0) is 4.74 Å². The summed E-state index contributed by atoms with van der Waals surface area (Å²) in [6.45, 7) is 1.99. The smallest absolute Gasteiger partial charge is 0.342 e. The van der Waals surface area contributed by atoms with Crippen LogP contribution in [0.15, 0.2) is 36.4 Å². The maximum atomic E-state index is 12.3. The zero-order valence-electron chi connectivity index (χ0n) is 12.0. The van der Waals surface area contributed by atoms with Crippen molar-refractivity contribution in [3.8, 4) is 11.1 Å². The first kappa shape index (κ1) is 13.9. The van der Waals surface area contributed by atoms with Crippen LogP contribution in [0.25, 0.3) is 16.8 Å². The van der Waals surface area contributed by atoms with Gasteiger partial charge in [0, 0.05) is 5.56 Å². The van der Waals surface area contributed by atoms with Crippen LogP contribution in [0.5, 0.6) is 0 Å². The van der Waals surface area contributed by atoms with Crippen molar-refractivity contribution in [2.75, 3.05) is 18.1 Å². The van der Waals surface area contributed by atoms with Crippen LogP contribution < -0.4 is 11.5 Å². The third-order valence-corrected chi connectivity index (χ3v) is 3.24. The quantitative estimate of drug-likeness (QED) is 0.713. The molecule has 3 aromatic rings. The van der Waals surface area contributed by atoms with E-state index in [1.165, 1.54) is 4.52 Å². The summed E-state index contributed by atoms with van der Waals surface area (Å²) in [5.41, 5.74) is 13.9. The van der Waals surface area contributed by atoms with E-state index in [4.69, 9.17) is 16.2 Å². The van der Waals surface area contributed by atoms with Gasteiger partial charge in [0.05, 0.1) is 6.61 Å². The number of anilines is 2. The Hall–Kier alpha value is -3.09. The fourth-order valence-corrected chi connectivity index (χ4v) is 2.32. The number of ether oxygens (including phenoxy) is 1. The summed E-state index contributed by atoms with van der Waals surface area (Å²) < 4.78 is 6.46. The molecule has 0 aliphatic heterocycles. The summed E-state index contributed by atoms with van der Waals surface area (Å²) in [7, 11) is 0. The first-order chi connectivity index (χ1) is 10.6. The monoisotopic (exact) mass is 297 g/mol. The van der Waals surface area contributed by atoms with Crippen LogP contribution in [0, 0.1) is 0 Å². The lowest BCUT2D eigenvalue weighted by Crippen LogP contribution is -2.13. The largest absolute Gasteiger partial charge is 0.462 e. The lowest BCUT2D eigenvalue weighted by Gasteiger charge is -2.12. The third kappa shape index (κ3) is 2.22. The highest BCUT2D eigenvalue weighted by atomic mass is 16.5. The molecule has 2 heterocycles. The second-order valence-electron chi connectivity index (χ2n) is 4.64. The molecule has 0 atom stereocenters. The number of nitrogens with two attached hydrogens (primary N) is 2. The van der Waals surface area contributed by atoms with Crippen molar-refractivity contribution in [2.45, 2.75) is 6.92 Å². The highest BCUT2D eigenvalue weighted by Gasteiger charge is 2.22. The van der Waals surface area contributed by atoms with Crippen molar-refractivity contribution in [1.82, 2.24) is 14.6 Å². The highest BCUT2D eigenvalue weighted by molar-refractivity contribution is 6.02. The predicted octanol–water partition coefficient (Wildman–Crippen LogP) is 1.74. The Morgan fingerprint density at radius 3 is 2.68 bits per heavy atom. The summed E-state index contributed by atoms with van der Waals surface area (Å²) in [6.07, 6.45) is 0. The number of pyridine rings is 1. The van der Waals surface area contributed by atoms with Gasteiger partial charge in [-0.3, -0.25) is 0 Å². The lowest BCUT2D eigenvalue weighted by molar-refractivity contribution is 0.0528. The number of hydrogen-bond acceptors (Lipinski definition) is 6. The third-order valence-electron chi connectivity index (χ3n) is 3.24. The van der Waals surface area contributed by atoms with Gasteiger partial charge in [-0.25, -0.2) is 4.79 Å². The van der Waals surface area contributed by atoms with Crippen molar-refractivity contribution in [3.05, 3.63) is 42.0 Å². The van der Waals surface area contributed by atoms with Gasteiger partial charge in [-0.1, -0.05) is 30.3 Å². The number of fused-ring (bicyclic) bond motifs is 1. The second kappa shape index (κ2) is 5.36. The number of rotatable bonds is 3. The number of carbonyl (C=O) groups excluding carboxylic acids is 1. The van der Waals surface area contributed by atoms with Gasteiger partial charge in [0.1, 0.15) is 11.4 Å². The Kier molecular flexibility index (Phi) is 3.38. The molecule has 7 heteroatoms. The number of carbonyl (C=O) groups is 1. The van der Waals surface area contributed by atoms with Gasteiger partial charge < -0.3 is 16.2 Å². The minimum Gasteiger partial charge on any atom is -0.462 e. The molecule has 2 aromatic heterocycles. The fourth-order valence-electron chi connectivity index (χ4n) is 2.32. The summed E-state index contributed by atoms with van der Waals surface area (Å²) in [5, 5.41) is 4.00. The average molecular weight is 297 g/mol. The average Bonchev–Trinajstić information content (AvgIpc) is 2.89. The molecule has 4 N–H and O–H groups in total. The number of aromatic nitrogens is 3. The van der Waals surface area contributed by atoms with Crippen LogP contribution >= 0.6 is 0 Å². The molecule has 112 valence electrons. The van der Waals surface area contributed by atoms with E-state index in [0.717, 1.165) is 5.56 Å². The van der Waals surface area contributed by atoms with E-state index < -0.39 is 5.97 Å². The van der Waals surface area contributed by atoms with E-state index in [-0.39, 0.29) is 23.9 Å². The maximum Gasteiger partial charge on any atom is 0.342 e. The summed E-state index contributed by atoms with van der Waals surface area (Å²) in [6, 6.07) is 11.1. The predicted molar refractivity (Wildman–Crippen MR) is 83.2 cm³/mol. The van der Waals surface area contributed by atoms with Crippen LogP contribution in [0.1, 0.15) is 17.3 Å². The van der Waals surface area contributed by atoms with Gasteiger partial charge in [0.15, 0.2) is 5.65 Å². The molecular weight excluding hydrogens is 282 g/mol. The first-order valence-corrected chi connectivity index (χ1v) is 6.79. The van der Waals surface area contributed by atoms with Crippen molar-refractivity contribution in [3.63, 3.8) is 0 Å². The Balaban J connectivity index is 2.32. The van der Waals surface area contributed by atoms with Crippen molar-refractivity contribution < 1.29 is 9.53 Å². The molecule has 7 nitrogen and oxygen atoms in total. The van der Waals surface area contributed by atoms with Crippen molar-refractivity contribution in [2.24, 2.45) is 0 Å². The van der Waals surface area contributed by atoms with E-state index >= 15 is 0 Å². The summed E-state index contributed by atoms with van der Waals surface area (Å²) >= 11 is 0. The Bertz CT molecular complexity index is 842. The van der Waals surface area contributed by atoms with Crippen molar-refractivity contribution >= 4 is 23.4 Å². The number of esters is 1. The number of nitrogens with zero attached hydrogens (tertiary/aromatic N) is 3. The van der Waals surface area contributed by atoms with Gasteiger partial charge in [-0.05, 0) is 18.6 Å². The molecule has 0 aliphatic rings. The van der Waals surface area contributed by atoms with Crippen LogP contribution in [0.2, 0.25) is 0 Å². The van der Waals surface area contributed by atoms with Crippen molar-refractivity contribution in [1.29, 1.82) is 0 Å². The molecule has 0 spiro atoms. The van der Waals surface area contributed by atoms with Gasteiger partial charge in [0.2, 0.25) is 5.95 Å². The molecule has 0 amide bonds. The normalized spacial score (nSPS) is 10.8. The zero-order chi connectivity index (χ0) is 15.7. The minimum atomic E-state index is -0.505. The lowest BCUT2D eigenvalue weighted by atomic mass is 10.0. The van der Waals surface area contributed by atoms with E-state index in [2.05, 4.69) is 10.1 Å². The van der Waals surface area contributed by atoms with Gasteiger partial charge >= 0.3 is 5.97 Å². The Labute approximate surface area is 126 Å². The van der Waals surface area contributed by atoms with Crippen LogP contribution in [0.4, 0.5) is 11.8 Å². The molecule has 0 bridgehead atoms. The Morgan fingerprint density at radius 1 is 1.27 bits per heavy atom. The SMILES string of the molecule is CCOC(=O)c1c(-c2ccccc2)cc2nc(N)nn2c1N. The summed E-state index contributed by atoms with van der Waals surface area (Å²) in [5.74, 6) is -0.263. The molecule has 0 saturated carbocycles. The Morgan fingerprint density at radius 2 is 2.00 bits per heavy atom. The fraction of sp³-hybridized carbons (Fsp3) is 0.133. The maximum absolute atomic E-state index is 12.3. The van der Waals surface area contributed by atoms with Gasteiger partial charge in [0.25, 0.3) is 0 Å². The minimum absolute atomic E-state index is 0.0896. The molecule has 0 saturated heterocycles. The molecule has 0 fully saturated rings. The van der Waals surface area contributed by atoms with Gasteiger partial charge in [-0.15, -0.1) is 5.10 Å². The van der Waals surface area contributed by atoms with Gasteiger partial charge in [-0.2, -0.15) is 9.50 Å². The summed E-state index contributed by atoms with van der Waals surface area (Å²) in [4.78, 5) is 16.4. The topological polar surface area (TPSA) is 109 Å². The van der Waals surface area contributed by atoms with E-state index in [0.29, 0.717) is 11.2 Å². The molecule has 3 rings (SSSR count). The highest BCUT2D eigenvalue weighted by Crippen LogP contribution is 2.30. The molecule has 1 aromatic carbocycles. The molecule has 0 aliphatic carbocycles. The molecule has 0 unspecified atom stereocenters. The van der Waals surface area contributed by atoms with Crippen LogP contribution in [0.3, 0.4) is 0 Å². The number of benzene rings is 1. The molecule has 22 heavy (non-hydrogen) atoms. The second-order valence-corrected chi connectivity index (χ2v) is 4.64. The number of hydrogen-bond donors (Lipinski definition) is 2. The first-order valence-electron chi connectivity index (χ1n) is 6.79. The standard InChI is InChI=1S/C15H15N5O2/c1-2-22-14(21)12-10(9-6-4-3-5-7-9)8-11-18-15(17)19-20(11)13(12)16/h3-8H,2,16H2,1H3,(H2,17,19). The van der Waals surface area contributed by atoms with E-state index in [9.17, 15) is 4.79 Å². The van der Waals surface area contributed by atoms with E-state index in [1.54, 1.807) is 13.0 Å². The number of nitrogen functional groups attached to an aromatic ring is 2. The molecule has 0 radical (unpaired) electrons. The zero-order valence-corrected chi connectivity index (χ0v) is 12.0.